The Morgan fingerprint density at radius 2 is 2.20 bits per heavy atom. The Bertz CT molecular complexity index is 441. The van der Waals surface area contributed by atoms with Crippen molar-refractivity contribution in [3.63, 3.8) is 0 Å². The molecule has 3 N–H and O–H groups in total. The van der Waals surface area contributed by atoms with E-state index in [1.54, 1.807) is 0 Å². The zero-order valence-corrected chi connectivity index (χ0v) is 10.1. The number of rotatable bonds is 9. The third kappa shape index (κ3) is 5.48. The van der Waals surface area contributed by atoms with E-state index in [1.165, 1.54) is 0 Å². The maximum Gasteiger partial charge on any atom is 0.330 e. The highest BCUT2D eigenvalue weighted by Gasteiger charge is 2.41. The minimum atomic E-state index is -4.23. The Hall–Kier alpha value is -1.75. The van der Waals surface area contributed by atoms with Gasteiger partial charge in [0.05, 0.1) is 13.1 Å². The summed E-state index contributed by atoms with van der Waals surface area (Å²) >= 11 is 0. The number of carbonyl (C=O) groups is 1. The smallest absolute Gasteiger partial charge is 0.330 e. The number of nitrogens with two attached hydrogens (primary N) is 1. The van der Waals surface area contributed by atoms with E-state index < -0.39 is 31.5 Å². The molecular weight excluding hydrogens is 288 g/mol. The third-order valence-corrected chi connectivity index (χ3v) is 1.93. The zero-order valence-electron chi connectivity index (χ0n) is 10.1. The van der Waals surface area contributed by atoms with Crippen molar-refractivity contribution in [1.29, 1.82) is 0 Å². The average molecular weight is 300 g/mol. The summed E-state index contributed by atoms with van der Waals surface area (Å²) in [6.07, 6.45) is -3.80. The normalized spacial score (nSPS) is 12.1. The lowest BCUT2D eigenvalue weighted by Gasteiger charge is -2.14. The standard InChI is InChI=1S/C9H12F4N4O3/c10-8(11)9(12,13)4-19-3-6-16-7(20-17-6)2-15-1-5(14)18/h8,15H,1-4H2,(H2,14,18). The molecule has 0 atom stereocenters. The van der Waals surface area contributed by atoms with E-state index in [0.717, 1.165) is 0 Å². The first-order valence-electron chi connectivity index (χ1n) is 5.35. The number of halogens is 4. The van der Waals surface area contributed by atoms with Crippen molar-refractivity contribution < 1.29 is 31.6 Å². The number of amides is 1. The summed E-state index contributed by atoms with van der Waals surface area (Å²) in [7, 11) is 0. The molecule has 0 spiro atoms. The molecule has 20 heavy (non-hydrogen) atoms. The number of nitrogens with one attached hydrogen (secondary N) is 1. The number of aromatic nitrogens is 2. The van der Waals surface area contributed by atoms with Gasteiger partial charge in [0.25, 0.3) is 0 Å². The van der Waals surface area contributed by atoms with Crippen molar-refractivity contribution in [2.45, 2.75) is 25.5 Å². The minimum absolute atomic E-state index is 0.0448. The maximum absolute atomic E-state index is 12.5. The van der Waals surface area contributed by atoms with Gasteiger partial charge in [-0.05, 0) is 0 Å². The van der Waals surface area contributed by atoms with Crippen LogP contribution in [0.3, 0.4) is 0 Å². The topological polar surface area (TPSA) is 103 Å². The summed E-state index contributed by atoms with van der Waals surface area (Å²) in [5, 5.41) is 5.96. The van der Waals surface area contributed by atoms with Crippen molar-refractivity contribution in [2.75, 3.05) is 13.2 Å². The summed E-state index contributed by atoms with van der Waals surface area (Å²) < 4.78 is 57.7. The predicted molar refractivity (Wildman–Crippen MR) is 55.8 cm³/mol. The monoisotopic (exact) mass is 300 g/mol. The molecule has 114 valence electrons. The van der Waals surface area contributed by atoms with Crippen molar-refractivity contribution in [1.82, 2.24) is 15.5 Å². The summed E-state index contributed by atoms with van der Waals surface area (Å²) in [5.41, 5.74) is 4.87. The van der Waals surface area contributed by atoms with Crippen LogP contribution in [0.2, 0.25) is 0 Å². The Kier molecular flexibility index (Phi) is 5.82. The molecule has 0 aliphatic heterocycles. The van der Waals surface area contributed by atoms with Crippen LogP contribution in [0.15, 0.2) is 4.52 Å². The highest BCUT2D eigenvalue weighted by molar-refractivity contribution is 5.75. The van der Waals surface area contributed by atoms with Crippen LogP contribution in [0.1, 0.15) is 11.7 Å². The summed E-state index contributed by atoms with van der Waals surface area (Å²) in [6.45, 7) is -2.01. The number of nitrogens with zero attached hydrogens (tertiary/aromatic N) is 2. The molecular formula is C9H12F4N4O3. The number of hydrogen-bond acceptors (Lipinski definition) is 6. The summed E-state index contributed by atoms with van der Waals surface area (Å²) in [4.78, 5) is 14.1. The molecule has 0 bridgehead atoms. The van der Waals surface area contributed by atoms with Crippen molar-refractivity contribution >= 4 is 5.91 Å². The van der Waals surface area contributed by atoms with E-state index >= 15 is 0 Å². The van der Waals surface area contributed by atoms with Gasteiger partial charge in [-0.2, -0.15) is 13.8 Å². The SMILES string of the molecule is NC(=O)CNCc1nc(COCC(F)(F)C(F)F)no1. The van der Waals surface area contributed by atoms with Crippen molar-refractivity contribution in [2.24, 2.45) is 5.73 Å². The largest absolute Gasteiger partial charge is 0.369 e. The number of ether oxygens (including phenoxy) is 1. The third-order valence-electron chi connectivity index (χ3n) is 1.93. The predicted octanol–water partition coefficient (Wildman–Crippen LogP) is 0.0615. The Balaban J connectivity index is 2.32. The van der Waals surface area contributed by atoms with Gasteiger partial charge in [0.2, 0.25) is 11.8 Å². The number of primary amides is 1. The molecule has 1 aromatic heterocycles. The van der Waals surface area contributed by atoms with Crippen LogP contribution in [0.5, 0.6) is 0 Å². The summed E-state index contributed by atoms with van der Waals surface area (Å²) in [5.74, 6) is -4.81. The second kappa shape index (κ2) is 7.14. The van der Waals surface area contributed by atoms with Gasteiger partial charge in [0.15, 0.2) is 5.82 Å². The van der Waals surface area contributed by atoms with Crippen LogP contribution < -0.4 is 11.1 Å². The van der Waals surface area contributed by atoms with Gasteiger partial charge in [-0.15, -0.1) is 0 Å². The Labute approximate surface area is 110 Å². The van der Waals surface area contributed by atoms with Gasteiger partial charge in [-0.3, -0.25) is 10.1 Å². The van der Waals surface area contributed by atoms with Crippen molar-refractivity contribution in [3.8, 4) is 0 Å². The molecule has 0 fully saturated rings. The second-order valence-electron chi connectivity index (χ2n) is 3.73. The summed E-state index contributed by atoms with van der Waals surface area (Å²) in [6, 6.07) is 0. The first-order chi connectivity index (χ1) is 9.31. The van der Waals surface area contributed by atoms with E-state index in [-0.39, 0.29) is 24.8 Å². The second-order valence-corrected chi connectivity index (χ2v) is 3.73. The highest BCUT2D eigenvalue weighted by atomic mass is 19.3. The number of carbonyl (C=O) groups excluding carboxylic acids is 1. The lowest BCUT2D eigenvalue weighted by Crippen LogP contribution is -2.32. The Morgan fingerprint density at radius 3 is 2.80 bits per heavy atom. The fourth-order valence-electron chi connectivity index (χ4n) is 1.05. The maximum atomic E-state index is 12.5. The van der Waals surface area contributed by atoms with E-state index in [0.29, 0.717) is 0 Å². The van der Waals surface area contributed by atoms with Gasteiger partial charge < -0.3 is 15.0 Å². The number of hydrogen-bond donors (Lipinski definition) is 2. The fourth-order valence-corrected chi connectivity index (χ4v) is 1.05. The molecule has 11 heteroatoms. The molecule has 1 heterocycles. The van der Waals surface area contributed by atoms with Crippen LogP contribution in [0.25, 0.3) is 0 Å². The Morgan fingerprint density at radius 1 is 1.50 bits per heavy atom. The molecule has 0 saturated carbocycles. The van der Waals surface area contributed by atoms with Gasteiger partial charge in [-0.1, -0.05) is 5.16 Å². The first kappa shape index (κ1) is 16.3. The molecule has 0 saturated heterocycles. The zero-order chi connectivity index (χ0) is 15.2. The molecule has 1 aromatic rings. The highest BCUT2D eigenvalue weighted by Crippen LogP contribution is 2.23. The van der Waals surface area contributed by atoms with Crippen LogP contribution in [-0.4, -0.2) is 41.5 Å². The molecule has 0 aliphatic rings. The van der Waals surface area contributed by atoms with E-state index in [1.807, 2.05) is 0 Å². The lowest BCUT2D eigenvalue weighted by atomic mass is 10.4. The molecule has 1 rings (SSSR count). The minimum Gasteiger partial charge on any atom is -0.369 e. The molecule has 0 unspecified atom stereocenters. The first-order valence-corrected chi connectivity index (χ1v) is 5.35. The average Bonchev–Trinajstić information content (AvgIpc) is 2.76. The number of alkyl halides is 4. The molecule has 7 nitrogen and oxygen atoms in total. The van der Waals surface area contributed by atoms with Gasteiger partial charge in [0.1, 0.15) is 13.2 Å². The van der Waals surface area contributed by atoms with Gasteiger partial charge >= 0.3 is 12.3 Å². The molecule has 0 radical (unpaired) electrons. The fraction of sp³-hybridized carbons (Fsp3) is 0.667. The van der Waals surface area contributed by atoms with E-state index in [4.69, 9.17) is 5.73 Å². The van der Waals surface area contributed by atoms with E-state index in [9.17, 15) is 22.4 Å². The van der Waals surface area contributed by atoms with Crippen LogP contribution >= 0.6 is 0 Å². The van der Waals surface area contributed by atoms with Crippen molar-refractivity contribution in [3.05, 3.63) is 11.7 Å². The lowest BCUT2D eigenvalue weighted by molar-refractivity contribution is -0.168. The molecule has 1 amide bonds. The van der Waals surface area contributed by atoms with Crippen LogP contribution in [-0.2, 0) is 22.7 Å². The van der Waals surface area contributed by atoms with E-state index in [2.05, 4.69) is 24.7 Å². The molecule has 0 aromatic carbocycles. The van der Waals surface area contributed by atoms with Crippen LogP contribution in [0.4, 0.5) is 17.6 Å². The van der Waals surface area contributed by atoms with Gasteiger partial charge in [0, 0.05) is 0 Å². The van der Waals surface area contributed by atoms with Crippen LogP contribution in [0, 0.1) is 0 Å². The van der Waals surface area contributed by atoms with Gasteiger partial charge in [-0.25, -0.2) is 8.78 Å². The quantitative estimate of drug-likeness (QED) is 0.625. The molecule has 0 aliphatic carbocycles.